The number of amides is 2. The molecule has 6 heteroatoms. The number of methoxy groups -OCH3 is 1. The van der Waals surface area contributed by atoms with Crippen LogP contribution in [0.3, 0.4) is 0 Å². The zero-order valence-corrected chi connectivity index (χ0v) is 14.6. The summed E-state index contributed by atoms with van der Waals surface area (Å²) in [5, 5.41) is 3.18. The minimum atomic E-state index is -0.247. The number of carbonyl (C=O) groups excluding carboxylic acids is 2. The average molecular weight is 359 g/mol. The van der Waals surface area contributed by atoms with E-state index in [1.54, 1.807) is 23.1 Å². The maximum atomic E-state index is 12.2. The van der Waals surface area contributed by atoms with E-state index in [9.17, 15) is 9.59 Å². The van der Waals surface area contributed by atoms with Gasteiger partial charge in [-0.15, -0.1) is 0 Å². The van der Waals surface area contributed by atoms with Crippen LogP contribution in [0.25, 0.3) is 0 Å². The quantitative estimate of drug-likeness (QED) is 0.892. The summed E-state index contributed by atoms with van der Waals surface area (Å²) < 4.78 is 5.08. The van der Waals surface area contributed by atoms with Crippen molar-refractivity contribution in [3.05, 3.63) is 59.1 Å². The second-order valence-electron chi connectivity index (χ2n) is 5.98. The monoisotopic (exact) mass is 358 g/mol. The molecule has 2 amide bonds. The summed E-state index contributed by atoms with van der Waals surface area (Å²) in [7, 11) is 1.53. The Morgan fingerprint density at radius 2 is 2.04 bits per heavy atom. The standard InChI is InChI=1S/C19H19ClN2O3/c1-25-17-8-7-15(10-16(17)20)21-18(23)12-22-11-14(9-19(22)24)13-5-3-2-4-6-13/h2-8,10,14H,9,11-12H2,1H3,(H,21,23)/t14-/m1/s1. The summed E-state index contributed by atoms with van der Waals surface area (Å²) >= 11 is 6.05. The predicted molar refractivity (Wildman–Crippen MR) is 97.0 cm³/mol. The summed E-state index contributed by atoms with van der Waals surface area (Å²) in [6, 6.07) is 14.9. The van der Waals surface area contributed by atoms with Gasteiger partial charge in [0.1, 0.15) is 5.75 Å². The van der Waals surface area contributed by atoms with Gasteiger partial charge in [0.2, 0.25) is 11.8 Å². The molecule has 2 aromatic rings. The summed E-state index contributed by atoms with van der Waals surface area (Å²) in [5.41, 5.74) is 1.70. The van der Waals surface area contributed by atoms with Crippen LogP contribution in [-0.2, 0) is 9.59 Å². The Morgan fingerprint density at radius 3 is 2.72 bits per heavy atom. The Kier molecular flexibility index (Phi) is 5.24. The fourth-order valence-electron chi connectivity index (χ4n) is 2.99. The highest BCUT2D eigenvalue weighted by Crippen LogP contribution is 2.29. The highest BCUT2D eigenvalue weighted by molar-refractivity contribution is 6.32. The van der Waals surface area contributed by atoms with Crippen molar-refractivity contribution in [1.29, 1.82) is 0 Å². The van der Waals surface area contributed by atoms with Crippen LogP contribution in [0.15, 0.2) is 48.5 Å². The molecule has 1 heterocycles. The van der Waals surface area contributed by atoms with E-state index in [0.717, 1.165) is 5.56 Å². The predicted octanol–water partition coefficient (Wildman–Crippen LogP) is 3.30. The van der Waals surface area contributed by atoms with Crippen molar-refractivity contribution >= 4 is 29.1 Å². The topological polar surface area (TPSA) is 58.6 Å². The van der Waals surface area contributed by atoms with Crippen molar-refractivity contribution < 1.29 is 14.3 Å². The van der Waals surface area contributed by atoms with Crippen molar-refractivity contribution in [2.45, 2.75) is 12.3 Å². The molecule has 130 valence electrons. The molecule has 0 radical (unpaired) electrons. The summed E-state index contributed by atoms with van der Waals surface area (Å²) in [5.74, 6) is 0.428. The number of anilines is 1. The molecular weight excluding hydrogens is 340 g/mol. The highest BCUT2D eigenvalue weighted by Gasteiger charge is 2.31. The minimum Gasteiger partial charge on any atom is -0.495 e. The molecule has 3 rings (SSSR count). The van der Waals surface area contributed by atoms with E-state index in [0.29, 0.717) is 29.4 Å². The fourth-order valence-corrected chi connectivity index (χ4v) is 3.25. The minimum absolute atomic E-state index is 0.00299. The van der Waals surface area contributed by atoms with Crippen LogP contribution < -0.4 is 10.1 Å². The molecule has 1 atom stereocenters. The molecule has 1 aliphatic rings. The van der Waals surface area contributed by atoms with Crippen molar-refractivity contribution in [3.8, 4) is 5.75 Å². The van der Waals surface area contributed by atoms with Gasteiger partial charge in [-0.1, -0.05) is 41.9 Å². The van der Waals surface area contributed by atoms with Gasteiger partial charge in [0, 0.05) is 24.6 Å². The van der Waals surface area contributed by atoms with Crippen LogP contribution in [-0.4, -0.2) is 36.9 Å². The highest BCUT2D eigenvalue weighted by atomic mass is 35.5. The second kappa shape index (κ2) is 7.57. The first-order valence-electron chi connectivity index (χ1n) is 8.03. The first-order chi connectivity index (χ1) is 12.1. The van der Waals surface area contributed by atoms with Crippen LogP contribution in [0, 0.1) is 0 Å². The van der Waals surface area contributed by atoms with Crippen LogP contribution in [0.5, 0.6) is 5.75 Å². The lowest BCUT2D eigenvalue weighted by atomic mass is 9.99. The fraction of sp³-hybridized carbons (Fsp3) is 0.263. The Hall–Kier alpha value is -2.53. The van der Waals surface area contributed by atoms with Crippen LogP contribution in [0.4, 0.5) is 5.69 Å². The maximum absolute atomic E-state index is 12.2. The third-order valence-electron chi connectivity index (χ3n) is 4.26. The summed E-state index contributed by atoms with van der Waals surface area (Å²) in [6.07, 6.45) is 0.436. The lowest BCUT2D eigenvalue weighted by Gasteiger charge is -2.16. The number of nitrogens with zero attached hydrogens (tertiary/aromatic N) is 1. The summed E-state index contributed by atoms with van der Waals surface area (Å²) in [6.45, 7) is 0.589. The van der Waals surface area contributed by atoms with E-state index >= 15 is 0 Å². The van der Waals surface area contributed by atoms with Gasteiger partial charge in [-0.2, -0.15) is 0 Å². The summed E-state index contributed by atoms with van der Waals surface area (Å²) in [4.78, 5) is 26.0. The molecule has 1 fully saturated rings. The maximum Gasteiger partial charge on any atom is 0.243 e. The van der Waals surface area contributed by atoms with E-state index < -0.39 is 0 Å². The van der Waals surface area contributed by atoms with E-state index in [2.05, 4.69) is 5.32 Å². The number of benzene rings is 2. The Labute approximate surface area is 151 Å². The average Bonchev–Trinajstić information content (AvgIpc) is 2.96. The molecule has 0 aromatic heterocycles. The van der Waals surface area contributed by atoms with Crippen molar-refractivity contribution in [2.75, 3.05) is 25.5 Å². The van der Waals surface area contributed by atoms with Gasteiger partial charge in [-0.05, 0) is 23.8 Å². The molecule has 0 saturated carbocycles. The number of ether oxygens (including phenoxy) is 1. The Balaban J connectivity index is 1.59. The molecule has 5 nitrogen and oxygen atoms in total. The molecule has 0 aliphatic carbocycles. The number of hydrogen-bond acceptors (Lipinski definition) is 3. The molecule has 1 N–H and O–H groups in total. The number of halogens is 1. The lowest BCUT2D eigenvalue weighted by Crippen LogP contribution is -2.34. The Bertz CT molecular complexity index is 779. The smallest absolute Gasteiger partial charge is 0.243 e. The van der Waals surface area contributed by atoms with Gasteiger partial charge in [0.15, 0.2) is 0 Å². The zero-order valence-electron chi connectivity index (χ0n) is 13.9. The van der Waals surface area contributed by atoms with E-state index in [4.69, 9.17) is 16.3 Å². The number of hydrogen-bond donors (Lipinski definition) is 1. The molecule has 0 unspecified atom stereocenters. The molecule has 1 aliphatic heterocycles. The molecular formula is C19H19ClN2O3. The van der Waals surface area contributed by atoms with Crippen molar-refractivity contribution in [1.82, 2.24) is 4.90 Å². The number of rotatable bonds is 5. The number of likely N-dealkylation sites (tertiary alicyclic amines) is 1. The first kappa shape index (κ1) is 17.3. The van der Waals surface area contributed by atoms with Gasteiger partial charge in [-0.25, -0.2) is 0 Å². The van der Waals surface area contributed by atoms with E-state index in [1.807, 2.05) is 30.3 Å². The van der Waals surface area contributed by atoms with Gasteiger partial charge >= 0.3 is 0 Å². The van der Waals surface area contributed by atoms with Gasteiger partial charge < -0.3 is 15.0 Å². The van der Waals surface area contributed by atoms with Crippen LogP contribution >= 0.6 is 11.6 Å². The third-order valence-corrected chi connectivity index (χ3v) is 4.55. The van der Waals surface area contributed by atoms with Crippen LogP contribution in [0.1, 0.15) is 17.9 Å². The molecule has 1 saturated heterocycles. The lowest BCUT2D eigenvalue weighted by molar-refractivity contribution is -0.131. The molecule has 2 aromatic carbocycles. The Morgan fingerprint density at radius 1 is 1.28 bits per heavy atom. The van der Waals surface area contributed by atoms with Crippen molar-refractivity contribution in [2.24, 2.45) is 0 Å². The van der Waals surface area contributed by atoms with Gasteiger partial charge in [-0.3, -0.25) is 9.59 Å². The molecule has 0 spiro atoms. The van der Waals surface area contributed by atoms with E-state index in [-0.39, 0.29) is 24.3 Å². The zero-order chi connectivity index (χ0) is 17.8. The van der Waals surface area contributed by atoms with E-state index in [1.165, 1.54) is 7.11 Å². The molecule has 25 heavy (non-hydrogen) atoms. The normalized spacial score (nSPS) is 16.8. The number of nitrogens with one attached hydrogen (secondary N) is 1. The van der Waals surface area contributed by atoms with Gasteiger partial charge in [0.25, 0.3) is 0 Å². The number of carbonyl (C=O) groups is 2. The van der Waals surface area contributed by atoms with Crippen molar-refractivity contribution in [3.63, 3.8) is 0 Å². The first-order valence-corrected chi connectivity index (χ1v) is 8.40. The van der Waals surface area contributed by atoms with Crippen LogP contribution in [0.2, 0.25) is 5.02 Å². The largest absolute Gasteiger partial charge is 0.495 e. The van der Waals surface area contributed by atoms with Gasteiger partial charge in [0.05, 0.1) is 18.7 Å². The SMILES string of the molecule is COc1ccc(NC(=O)CN2C[C@H](c3ccccc3)CC2=O)cc1Cl. The second-order valence-corrected chi connectivity index (χ2v) is 6.39. The third kappa shape index (κ3) is 4.12. The molecule has 0 bridgehead atoms.